The van der Waals surface area contributed by atoms with E-state index in [4.69, 9.17) is 9.47 Å². The summed E-state index contributed by atoms with van der Waals surface area (Å²) < 4.78 is 34.9. The highest BCUT2D eigenvalue weighted by Crippen LogP contribution is 2.32. The highest BCUT2D eigenvalue weighted by Gasteiger charge is 2.28. The van der Waals surface area contributed by atoms with Crippen LogP contribution in [-0.2, 0) is 16.4 Å². The Balaban J connectivity index is 1.67. The zero-order valence-corrected chi connectivity index (χ0v) is 17.6. The fourth-order valence-electron chi connectivity index (χ4n) is 3.69. The number of sulfone groups is 1. The van der Waals surface area contributed by atoms with Crippen LogP contribution >= 0.6 is 0 Å². The van der Waals surface area contributed by atoms with Gasteiger partial charge in [-0.2, -0.15) is 0 Å². The molecule has 0 spiro atoms. The minimum absolute atomic E-state index is 0.0834. The van der Waals surface area contributed by atoms with Gasteiger partial charge < -0.3 is 20.1 Å². The lowest BCUT2D eigenvalue weighted by Crippen LogP contribution is -2.44. The van der Waals surface area contributed by atoms with Crippen molar-refractivity contribution in [3.63, 3.8) is 0 Å². The van der Waals surface area contributed by atoms with Crippen molar-refractivity contribution in [2.24, 2.45) is 4.99 Å². The van der Waals surface area contributed by atoms with Gasteiger partial charge in [-0.15, -0.1) is 0 Å². The summed E-state index contributed by atoms with van der Waals surface area (Å²) in [6.07, 6.45) is 5.48. The van der Waals surface area contributed by atoms with Crippen LogP contribution in [0.2, 0.25) is 0 Å². The first-order chi connectivity index (χ1) is 13.5. The van der Waals surface area contributed by atoms with Gasteiger partial charge in [-0.3, -0.25) is 0 Å². The molecule has 1 saturated carbocycles. The molecule has 1 unspecified atom stereocenters. The molecule has 1 heterocycles. The SMILES string of the molecule is CCNC(=NCc1ccc(OC)c(OC2CCCC2)c1)NC1CCS(=O)(=O)C1. The van der Waals surface area contributed by atoms with E-state index < -0.39 is 9.84 Å². The Labute approximate surface area is 167 Å². The van der Waals surface area contributed by atoms with Crippen molar-refractivity contribution in [2.45, 2.75) is 57.7 Å². The van der Waals surface area contributed by atoms with E-state index >= 15 is 0 Å². The lowest BCUT2D eigenvalue weighted by atomic mass is 10.2. The number of aliphatic imine (C=N–C) groups is 1. The number of benzene rings is 1. The first kappa shape index (κ1) is 20.8. The van der Waals surface area contributed by atoms with Crippen LogP contribution in [-0.4, -0.2) is 51.7 Å². The zero-order valence-electron chi connectivity index (χ0n) is 16.7. The summed E-state index contributed by atoms with van der Waals surface area (Å²) in [7, 11) is -1.27. The van der Waals surface area contributed by atoms with E-state index in [0.29, 0.717) is 25.5 Å². The molecule has 0 radical (unpaired) electrons. The zero-order chi connectivity index (χ0) is 20.0. The largest absolute Gasteiger partial charge is 0.493 e. The topological polar surface area (TPSA) is 89.0 Å². The standard InChI is InChI=1S/C20H31N3O4S/c1-3-21-20(23-16-10-11-28(24,25)14-16)22-13-15-8-9-18(26-2)19(12-15)27-17-6-4-5-7-17/h8-9,12,16-17H,3-7,10-11,13-14H2,1-2H3,(H2,21,22,23). The number of nitrogens with one attached hydrogen (secondary N) is 2. The van der Waals surface area contributed by atoms with E-state index in [-0.39, 0.29) is 23.7 Å². The second-order valence-electron chi connectivity index (χ2n) is 7.45. The van der Waals surface area contributed by atoms with Gasteiger partial charge in [0.15, 0.2) is 27.3 Å². The predicted octanol–water partition coefficient (Wildman–Crippen LogP) is 2.26. The van der Waals surface area contributed by atoms with Gasteiger partial charge in [0.05, 0.1) is 31.3 Å². The number of nitrogens with zero attached hydrogens (tertiary/aromatic N) is 1. The van der Waals surface area contributed by atoms with E-state index in [9.17, 15) is 8.42 Å². The Kier molecular flexibility index (Phi) is 7.04. The van der Waals surface area contributed by atoms with Crippen LogP contribution in [0.1, 0.15) is 44.6 Å². The number of rotatable bonds is 7. The first-order valence-electron chi connectivity index (χ1n) is 10.1. The van der Waals surface area contributed by atoms with Gasteiger partial charge in [-0.05, 0) is 56.7 Å². The number of hydrogen-bond donors (Lipinski definition) is 2. The molecule has 1 saturated heterocycles. The minimum Gasteiger partial charge on any atom is -0.493 e. The molecule has 0 aromatic heterocycles. The Bertz CT molecular complexity index is 789. The molecule has 1 atom stereocenters. The Morgan fingerprint density at radius 2 is 2.00 bits per heavy atom. The molecule has 2 aliphatic rings. The third kappa shape index (κ3) is 5.77. The van der Waals surface area contributed by atoms with Crippen LogP contribution in [0.5, 0.6) is 11.5 Å². The average Bonchev–Trinajstić information content (AvgIpc) is 3.29. The number of hydrogen-bond acceptors (Lipinski definition) is 5. The van der Waals surface area contributed by atoms with Crippen molar-refractivity contribution < 1.29 is 17.9 Å². The first-order valence-corrected chi connectivity index (χ1v) is 11.9. The van der Waals surface area contributed by atoms with Gasteiger partial charge in [-0.1, -0.05) is 6.07 Å². The summed E-state index contributed by atoms with van der Waals surface area (Å²) in [6, 6.07) is 5.80. The van der Waals surface area contributed by atoms with Crippen LogP contribution in [0.15, 0.2) is 23.2 Å². The van der Waals surface area contributed by atoms with Gasteiger partial charge >= 0.3 is 0 Å². The highest BCUT2D eigenvalue weighted by atomic mass is 32.2. The molecule has 0 bridgehead atoms. The number of guanidine groups is 1. The van der Waals surface area contributed by atoms with Crippen molar-refractivity contribution >= 4 is 15.8 Å². The molecule has 1 aromatic rings. The third-order valence-corrected chi connectivity index (χ3v) is 6.93. The van der Waals surface area contributed by atoms with Gasteiger partial charge in [0.25, 0.3) is 0 Å². The van der Waals surface area contributed by atoms with E-state index in [1.807, 2.05) is 25.1 Å². The van der Waals surface area contributed by atoms with Crippen LogP contribution in [0.25, 0.3) is 0 Å². The molecule has 0 amide bonds. The Morgan fingerprint density at radius 3 is 2.64 bits per heavy atom. The smallest absolute Gasteiger partial charge is 0.191 e. The fraction of sp³-hybridized carbons (Fsp3) is 0.650. The molecule has 7 nitrogen and oxygen atoms in total. The molecule has 28 heavy (non-hydrogen) atoms. The highest BCUT2D eigenvalue weighted by molar-refractivity contribution is 7.91. The number of methoxy groups -OCH3 is 1. The predicted molar refractivity (Wildman–Crippen MR) is 111 cm³/mol. The second-order valence-corrected chi connectivity index (χ2v) is 9.68. The molecule has 2 fully saturated rings. The summed E-state index contributed by atoms with van der Waals surface area (Å²) in [6.45, 7) is 3.17. The second kappa shape index (κ2) is 9.49. The molecule has 1 aliphatic carbocycles. The molecule has 1 aliphatic heterocycles. The van der Waals surface area contributed by atoms with Crippen LogP contribution < -0.4 is 20.1 Å². The van der Waals surface area contributed by atoms with Crippen molar-refractivity contribution in [1.82, 2.24) is 10.6 Å². The lowest BCUT2D eigenvalue weighted by Gasteiger charge is -2.17. The molecule has 2 N–H and O–H groups in total. The fourth-order valence-corrected chi connectivity index (χ4v) is 5.36. The maximum atomic E-state index is 11.7. The summed E-state index contributed by atoms with van der Waals surface area (Å²) in [5, 5.41) is 6.43. The number of ether oxygens (including phenoxy) is 2. The van der Waals surface area contributed by atoms with Crippen molar-refractivity contribution in [3.8, 4) is 11.5 Å². The molecule has 156 valence electrons. The van der Waals surface area contributed by atoms with Crippen molar-refractivity contribution in [2.75, 3.05) is 25.2 Å². The van der Waals surface area contributed by atoms with Crippen LogP contribution in [0, 0.1) is 0 Å². The summed E-state index contributed by atoms with van der Waals surface area (Å²) in [4.78, 5) is 4.63. The molecular weight excluding hydrogens is 378 g/mol. The summed E-state index contributed by atoms with van der Waals surface area (Å²) >= 11 is 0. The molecule has 1 aromatic carbocycles. The van der Waals surface area contributed by atoms with Crippen LogP contribution in [0.3, 0.4) is 0 Å². The monoisotopic (exact) mass is 409 g/mol. The maximum absolute atomic E-state index is 11.7. The Morgan fingerprint density at radius 1 is 1.21 bits per heavy atom. The average molecular weight is 410 g/mol. The molecular formula is C20H31N3O4S. The molecule has 3 rings (SSSR count). The Hall–Kier alpha value is -1.96. The van der Waals surface area contributed by atoms with Gasteiger partial charge in [0.2, 0.25) is 0 Å². The summed E-state index contributed by atoms with van der Waals surface area (Å²) in [5.41, 5.74) is 1.02. The van der Waals surface area contributed by atoms with Gasteiger partial charge in [-0.25, -0.2) is 13.4 Å². The minimum atomic E-state index is -2.92. The quantitative estimate of drug-likeness (QED) is 0.530. The van der Waals surface area contributed by atoms with E-state index in [1.165, 1.54) is 12.8 Å². The van der Waals surface area contributed by atoms with Crippen molar-refractivity contribution in [3.05, 3.63) is 23.8 Å². The van der Waals surface area contributed by atoms with Crippen LogP contribution in [0.4, 0.5) is 0 Å². The normalized spacial score (nSPS) is 22.2. The van der Waals surface area contributed by atoms with Gasteiger partial charge in [0.1, 0.15) is 0 Å². The summed E-state index contributed by atoms with van der Waals surface area (Å²) in [5.74, 6) is 2.55. The van der Waals surface area contributed by atoms with E-state index in [2.05, 4.69) is 15.6 Å². The maximum Gasteiger partial charge on any atom is 0.191 e. The van der Waals surface area contributed by atoms with E-state index in [0.717, 1.165) is 29.9 Å². The lowest BCUT2D eigenvalue weighted by molar-refractivity contribution is 0.200. The third-order valence-electron chi connectivity index (χ3n) is 5.16. The van der Waals surface area contributed by atoms with Crippen molar-refractivity contribution in [1.29, 1.82) is 0 Å². The van der Waals surface area contributed by atoms with Gasteiger partial charge in [0, 0.05) is 12.6 Å². The van der Waals surface area contributed by atoms with E-state index in [1.54, 1.807) is 7.11 Å². The molecule has 8 heteroatoms.